The van der Waals surface area contributed by atoms with Crippen LogP contribution in [0.5, 0.6) is 0 Å². The van der Waals surface area contributed by atoms with Crippen molar-refractivity contribution in [2.75, 3.05) is 12.3 Å². The molecule has 3 rings (SSSR count). The zero-order valence-electron chi connectivity index (χ0n) is 12.0. The Morgan fingerprint density at radius 1 is 1.25 bits per heavy atom. The minimum absolute atomic E-state index is 0.0422. The number of aromatic nitrogens is 2. The Labute approximate surface area is 119 Å². The van der Waals surface area contributed by atoms with Crippen molar-refractivity contribution in [1.29, 1.82) is 0 Å². The molecular weight excluding hydrogens is 252 g/mol. The Morgan fingerprint density at radius 3 is 2.80 bits per heavy atom. The largest absolute Gasteiger partial charge is 0.382 e. The summed E-state index contributed by atoms with van der Waals surface area (Å²) in [4.78, 5) is 22.8. The number of carbonyl (C=O) groups excluding carboxylic acids is 1. The van der Waals surface area contributed by atoms with E-state index in [1.807, 2.05) is 4.90 Å². The molecule has 20 heavy (non-hydrogen) atoms. The van der Waals surface area contributed by atoms with Gasteiger partial charge in [-0.15, -0.1) is 0 Å². The monoisotopic (exact) mass is 274 g/mol. The fourth-order valence-electron chi connectivity index (χ4n) is 3.82. The van der Waals surface area contributed by atoms with Gasteiger partial charge in [-0.3, -0.25) is 4.79 Å². The van der Waals surface area contributed by atoms with E-state index >= 15 is 0 Å². The number of nitrogens with zero attached hydrogens (tertiary/aromatic N) is 3. The molecule has 1 amide bonds. The summed E-state index contributed by atoms with van der Waals surface area (Å²) in [5, 5.41) is 0. The van der Waals surface area contributed by atoms with Crippen molar-refractivity contribution in [3.63, 3.8) is 0 Å². The third-order valence-corrected chi connectivity index (χ3v) is 4.93. The maximum atomic E-state index is 12.7. The van der Waals surface area contributed by atoms with E-state index in [9.17, 15) is 4.79 Å². The number of hydrogen-bond donors (Lipinski definition) is 1. The van der Waals surface area contributed by atoms with Crippen LogP contribution in [0.4, 0.5) is 5.82 Å². The molecule has 0 unspecified atom stereocenters. The minimum Gasteiger partial charge on any atom is -0.382 e. The molecule has 1 aromatic rings. The summed E-state index contributed by atoms with van der Waals surface area (Å²) in [7, 11) is 0. The Bertz CT molecular complexity index is 504. The third-order valence-electron chi connectivity index (χ3n) is 4.93. The van der Waals surface area contributed by atoms with E-state index in [2.05, 4.69) is 16.9 Å². The Morgan fingerprint density at radius 2 is 2.00 bits per heavy atom. The van der Waals surface area contributed by atoms with Crippen LogP contribution in [-0.4, -0.2) is 33.4 Å². The molecule has 1 saturated heterocycles. The van der Waals surface area contributed by atoms with Crippen molar-refractivity contribution in [3.05, 3.63) is 18.1 Å². The lowest BCUT2D eigenvalue weighted by Gasteiger charge is -2.47. The number of piperidine rings is 1. The fourth-order valence-corrected chi connectivity index (χ4v) is 3.82. The summed E-state index contributed by atoms with van der Waals surface area (Å²) in [6, 6.07) is 0.362. The van der Waals surface area contributed by atoms with E-state index in [1.54, 1.807) is 0 Å². The zero-order valence-corrected chi connectivity index (χ0v) is 12.0. The second-order valence-electron chi connectivity index (χ2n) is 6.07. The van der Waals surface area contributed by atoms with Crippen LogP contribution in [0.15, 0.2) is 12.4 Å². The standard InChI is InChI=1S/C15H22N4O/c1-10-6-9-19(12-5-3-2-4-11(10)12)15(20)13-14(16)18-8-7-17-13/h7-8,10-12H,2-6,9H2,1H3,(H2,16,18)/t10-,11-,12-/m1/s1. The normalized spacial score (nSPS) is 29.9. The summed E-state index contributed by atoms with van der Waals surface area (Å²) in [5.41, 5.74) is 6.11. The second kappa shape index (κ2) is 5.38. The number of rotatable bonds is 1. The highest BCUT2D eigenvalue weighted by Gasteiger charge is 2.40. The summed E-state index contributed by atoms with van der Waals surface area (Å²) < 4.78 is 0. The first-order valence-corrected chi connectivity index (χ1v) is 7.56. The van der Waals surface area contributed by atoms with Crippen molar-refractivity contribution in [2.24, 2.45) is 11.8 Å². The summed E-state index contributed by atoms with van der Waals surface area (Å²) >= 11 is 0. The van der Waals surface area contributed by atoms with Gasteiger partial charge in [-0.2, -0.15) is 0 Å². The van der Waals surface area contributed by atoms with Crippen molar-refractivity contribution < 1.29 is 4.79 Å². The smallest absolute Gasteiger partial charge is 0.276 e. The molecule has 5 nitrogen and oxygen atoms in total. The van der Waals surface area contributed by atoms with Gasteiger partial charge >= 0.3 is 0 Å². The van der Waals surface area contributed by atoms with Crippen molar-refractivity contribution in [2.45, 2.75) is 45.1 Å². The molecule has 0 bridgehead atoms. The maximum absolute atomic E-state index is 12.7. The Kier molecular flexibility index (Phi) is 3.59. The van der Waals surface area contributed by atoms with Gasteiger partial charge in [0.2, 0.25) is 0 Å². The van der Waals surface area contributed by atoms with Gasteiger partial charge in [0.25, 0.3) is 5.91 Å². The first kappa shape index (κ1) is 13.3. The molecule has 1 saturated carbocycles. The molecule has 2 heterocycles. The number of likely N-dealkylation sites (tertiary alicyclic amines) is 1. The average Bonchev–Trinajstić information content (AvgIpc) is 2.48. The van der Waals surface area contributed by atoms with Gasteiger partial charge in [0.15, 0.2) is 11.5 Å². The molecule has 3 atom stereocenters. The highest BCUT2D eigenvalue weighted by molar-refractivity contribution is 5.96. The zero-order chi connectivity index (χ0) is 14.1. The molecule has 0 radical (unpaired) electrons. The van der Waals surface area contributed by atoms with Gasteiger partial charge in [-0.05, 0) is 31.1 Å². The van der Waals surface area contributed by atoms with E-state index in [0.717, 1.165) is 19.4 Å². The molecule has 5 heteroatoms. The van der Waals surface area contributed by atoms with Gasteiger partial charge in [-0.25, -0.2) is 9.97 Å². The molecule has 1 aliphatic heterocycles. The fraction of sp³-hybridized carbons (Fsp3) is 0.667. The van der Waals surface area contributed by atoms with Crippen LogP contribution in [0.1, 0.15) is 49.5 Å². The number of nitrogens with two attached hydrogens (primary N) is 1. The number of nitrogen functional groups attached to an aromatic ring is 1. The maximum Gasteiger partial charge on any atom is 0.276 e. The lowest BCUT2D eigenvalue weighted by molar-refractivity contribution is 0.0214. The van der Waals surface area contributed by atoms with E-state index < -0.39 is 0 Å². The number of fused-ring (bicyclic) bond motifs is 1. The summed E-state index contributed by atoms with van der Waals surface area (Å²) in [5.74, 6) is 1.55. The van der Waals surface area contributed by atoms with Crippen molar-refractivity contribution in [3.8, 4) is 0 Å². The van der Waals surface area contributed by atoms with Crippen LogP contribution in [0.2, 0.25) is 0 Å². The number of hydrogen-bond acceptors (Lipinski definition) is 4. The van der Waals surface area contributed by atoms with Crippen LogP contribution in [0.25, 0.3) is 0 Å². The predicted octanol–water partition coefficient (Wildman–Crippen LogP) is 2.10. The molecule has 0 aromatic carbocycles. The molecule has 2 fully saturated rings. The first-order valence-electron chi connectivity index (χ1n) is 7.56. The number of carbonyl (C=O) groups is 1. The molecule has 1 aliphatic carbocycles. The SMILES string of the molecule is C[C@@H]1CCN(C(=O)c2nccnc2N)[C@@H]2CCCC[C@H]12. The minimum atomic E-state index is -0.0422. The second-order valence-corrected chi connectivity index (χ2v) is 6.07. The van der Waals surface area contributed by atoms with E-state index in [-0.39, 0.29) is 11.7 Å². The van der Waals surface area contributed by atoms with Gasteiger partial charge in [0.05, 0.1) is 0 Å². The molecular formula is C15H22N4O. The number of anilines is 1. The third kappa shape index (κ3) is 2.25. The predicted molar refractivity (Wildman–Crippen MR) is 77.0 cm³/mol. The molecule has 2 aliphatic rings. The van der Waals surface area contributed by atoms with Crippen LogP contribution in [-0.2, 0) is 0 Å². The first-order chi connectivity index (χ1) is 9.68. The van der Waals surface area contributed by atoms with Crippen LogP contribution in [0.3, 0.4) is 0 Å². The lowest BCUT2D eigenvalue weighted by atomic mass is 9.72. The Hall–Kier alpha value is -1.65. The van der Waals surface area contributed by atoms with Gasteiger partial charge in [-0.1, -0.05) is 19.8 Å². The van der Waals surface area contributed by atoms with Gasteiger partial charge < -0.3 is 10.6 Å². The van der Waals surface area contributed by atoms with Crippen LogP contribution >= 0.6 is 0 Å². The molecule has 108 valence electrons. The summed E-state index contributed by atoms with van der Waals surface area (Å²) in [6.07, 6.45) is 9.00. The molecule has 2 N–H and O–H groups in total. The topological polar surface area (TPSA) is 72.1 Å². The highest BCUT2D eigenvalue weighted by atomic mass is 16.2. The van der Waals surface area contributed by atoms with Crippen LogP contribution < -0.4 is 5.73 Å². The number of amides is 1. The van der Waals surface area contributed by atoms with Crippen molar-refractivity contribution in [1.82, 2.24) is 14.9 Å². The van der Waals surface area contributed by atoms with Gasteiger partial charge in [0, 0.05) is 25.0 Å². The van der Waals surface area contributed by atoms with E-state index in [1.165, 1.54) is 31.7 Å². The highest BCUT2D eigenvalue weighted by Crippen LogP contribution is 2.39. The molecule has 0 spiro atoms. The average molecular weight is 274 g/mol. The Balaban J connectivity index is 1.85. The van der Waals surface area contributed by atoms with E-state index in [0.29, 0.717) is 23.6 Å². The van der Waals surface area contributed by atoms with Gasteiger partial charge in [0.1, 0.15) is 0 Å². The quantitative estimate of drug-likeness (QED) is 0.851. The lowest BCUT2D eigenvalue weighted by Crippen LogP contribution is -2.52. The van der Waals surface area contributed by atoms with Crippen LogP contribution in [0, 0.1) is 11.8 Å². The van der Waals surface area contributed by atoms with Crippen molar-refractivity contribution >= 4 is 11.7 Å². The molecule has 1 aromatic heterocycles. The summed E-state index contributed by atoms with van der Waals surface area (Å²) in [6.45, 7) is 3.14. The van der Waals surface area contributed by atoms with E-state index in [4.69, 9.17) is 5.73 Å².